The number of halogens is 3. The molecule has 7 heteroatoms. The predicted octanol–water partition coefficient (Wildman–Crippen LogP) is 1.13. The van der Waals surface area contributed by atoms with E-state index in [1.807, 2.05) is 0 Å². The monoisotopic (exact) mass is 331 g/mol. The van der Waals surface area contributed by atoms with E-state index >= 15 is 0 Å². The van der Waals surface area contributed by atoms with Crippen LogP contribution in [0.1, 0.15) is 29.8 Å². The molecule has 1 aromatic rings. The van der Waals surface area contributed by atoms with Crippen molar-refractivity contribution in [3.8, 4) is 0 Å². The predicted molar refractivity (Wildman–Crippen MR) is 79.4 cm³/mol. The van der Waals surface area contributed by atoms with Crippen molar-refractivity contribution < 1.29 is 27.6 Å². The molecule has 128 valence electrons. The van der Waals surface area contributed by atoms with E-state index in [-0.39, 0.29) is 17.0 Å². The van der Waals surface area contributed by atoms with Crippen molar-refractivity contribution in [3.05, 3.63) is 35.4 Å². The Balaban J connectivity index is 1.93. The van der Waals surface area contributed by atoms with Gasteiger partial charge in [-0.25, -0.2) is 0 Å². The molecule has 1 heterocycles. The lowest BCUT2D eigenvalue weighted by molar-refractivity contribution is -0.954. The highest BCUT2D eigenvalue weighted by atomic mass is 19.4. The van der Waals surface area contributed by atoms with Crippen molar-refractivity contribution in [1.82, 2.24) is 5.32 Å². The van der Waals surface area contributed by atoms with Crippen molar-refractivity contribution in [2.75, 3.05) is 32.8 Å². The van der Waals surface area contributed by atoms with E-state index in [0.29, 0.717) is 19.8 Å². The minimum Gasteiger partial charge on any atom is -0.370 e. The fourth-order valence-electron chi connectivity index (χ4n) is 2.63. The van der Waals surface area contributed by atoms with Gasteiger partial charge in [-0.3, -0.25) is 4.79 Å². The van der Waals surface area contributed by atoms with Crippen molar-refractivity contribution in [3.63, 3.8) is 0 Å². The molecule has 1 aliphatic rings. The SMILES string of the molecule is CC(C)(CNC(=O)c1ccc(C(F)(F)F)cc1)[NH+]1CCOCC1. The van der Waals surface area contributed by atoms with Crippen LogP contribution in [0, 0.1) is 0 Å². The maximum atomic E-state index is 12.5. The van der Waals surface area contributed by atoms with Crippen LogP contribution in [0.4, 0.5) is 13.2 Å². The number of morpholine rings is 1. The summed E-state index contributed by atoms with van der Waals surface area (Å²) in [6, 6.07) is 4.25. The molecule has 2 rings (SSSR count). The van der Waals surface area contributed by atoms with Crippen molar-refractivity contribution in [1.29, 1.82) is 0 Å². The number of quaternary nitrogens is 1. The van der Waals surface area contributed by atoms with Gasteiger partial charge in [-0.1, -0.05) is 0 Å². The van der Waals surface area contributed by atoms with Crippen LogP contribution in [0.2, 0.25) is 0 Å². The smallest absolute Gasteiger partial charge is 0.370 e. The lowest BCUT2D eigenvalue weighted by Gasteiger charge is -2.37. The van der Waals surface area contributed by atoms with Gasteiger partial charge in [0.1, 0.15) is 18.6 Å². The van der Waals surface area contributed by atoms with Gasteiger partial charge in [-0.15, -0.1) is 0 Å². The summed E-state index contributed by atoms with van der Waals surface area (Å²) in [7, 11) is 0. The summed E-state index contributed by atoms with van der Waals surface area (Å²) in [5.74, 6) is -0.362. The molecule has 1 amide bonds. The highest BCUT2D eigenvalue weighted by molar-refractivity contribution is 5.94. The lowest BCUT2D eigenvalue weighted by atomic mass is 10.0. The number of hydrogen-bond acceptors (Lipinski definition) is 2. The van der Waals surface area contributed by atoms with Crippen LogP contribution in [0.3, 0.4) is 0 Å². The molecule has 0 unspecified atom stereocenters. The molecule has 0 atom stereocenters. The Bertz CT molecular complexity index is 535. The van der Waals surface area contributed by atoms with Gasteiger partial charge in [-0.2, -0.15) is 13.2 Å². The average molecular weight is 331 g/mol. The topological polar surface area (TPSA) is 42.8 Å². The second-order valence-electron chi connectivity index (χ2n) is 6.36. The Kier molecular flexibility index (Phi) is 5.31. The van der Waals surface area contributed by atoms with Crippen molar-refractivity contribution >= 4 is 5.91 Å². The number of rotatable bonds is 4. The minimum atomic E-state index is -4.39. The van der Waals surface area contributed by atoms with Crippen LogP contribution < -0.4 is 10.2 Å². The molecule has 4 nitrogen and oxygen atoms in total. The van der Waals surface area contributed by atoms with Crippen molar-refractivity contribution in [2.24, 2.45) is 0 Å². The minimum absolute atomic E-state index is 0.161. The number of hydrogen-bond donors (Lipinski definition) is 2. The number of carbonyl (C=O) groups is 1. The molecule has 1 aliphatic heterocycles. The third-order valence-electron chi connectivity index (χ3n) is 4.22. The maximum Gasteiger partial charge on any atom is 0.416 e. The Morgan fingerprint density at radius 1 is 1.17 bits per heavy atom. The van der Waals surface area contributed by atoms with Gasteiger partial charge in [0.15, 0.2) is 0 Å². The number of amides is 1. The summed E-state index contributed by atoms with van der Waals surface area (Å²) in [5.41, 5.74) is -0.691. The van der Waals surface area contributed by atoms with Crippen LogP contribution in [0.5, 0.6) is 0 Å². The number of nitrogens with one attached hydrogen (secondary N) is 2. The molecule has 0 aromatic heterocycles. The number of carbonyl (C=O) groups excluding carboxylic acids is 1. The normalized spacial score (nSPS) is 17.1. The van der Waals surface area contributed by atoms with E-state index in [1.54, 1.807) is 0 Å². The Labute approximate surface area is 133 Å². The molecule has 0 bridgehead atoms. The summed E-state index contributed by atoms with van der Waals surface area (Å²) >= 11 is 0. The van der Waals surface area contributed by atoms with Gasteiger partial charge in [0.05, 0.1) is 25.3 Å². The molecule has 1 fully saturated rings. The zero-order valence-electron chi connectivity index (χ0n) is 13.3. The van der Waals surface area contributed by atoms with E-state index < -0.39 is 11.7 Å². The second kappa shape index (κ2) is 6.88. The van der Waals surface area contributed by atoms with E-state index in [4.69, 9.17) is 4.74 Å². The first-order valence-corrected chi connectivity index (χ1v) is 7.58. The highest BCUT2D eigenvalue weighted by Crippen LogP contribution is 2.29. The van der Waals surface area contributed by atoms with E-state index in [0.717, 1.165) is 25.2 Å². The first kappa shape index (κ1) is 17.7. The molecule has 0 spiro atoms. The molecular formula is C16H22F3N2O2+. The Morgan fingerprint density at radius 3 is 2.26 bits per heavy atom. The van der Waals surface area contributed by atoms with Crippen LogP contribution >= 0.6 is 0 Å². The molecule has 1 aromatic carbocycles. The number of benzene rings is 1. The molecule has 23 heavy (non-hydrogen) atoms. The van der Waals surface area contributed by atoms with Crippen molar-refractivity contribution in [2.45, 2.75) is 25.6 Å². The first-order valence-electron chi connectivity index (χ1n) is 7.58. The van der Waals surface area contributed by atoms with Crippen LogP contribution in [-0.4, -0.2) is 44.3 Å². The van der Waals surface area contributed by atoms with Crippen LogP contribution in [0.25, 0.3) is 0 Å². The second-order valence-corrected chi connectivity index (χ2v) is 6.36. The Morgan fingerprint density at radius 2 is 1.74 bits per heavy atom. The van der Waals surface area contributed by atoms with Gasteiger partial charge < -0.3 is 15.0 Å². The molecule has 0 saturated carbocycles. The van der Waals surface area contributed by atoms with Gasteiger partial charge in [0.25, 0.3) is 5.91 Å². The molecular weight excluding hydrogens is 309 g/mol. The quantitative estimate of drug-likeness (QED) is 0.869. The third-order valence-corrected chi connectivity index (χ3v) is 4.22. The Hall–Kier alpha value is -1.60. The summed E-state index contributed by atoms with van der Waals surface area (Å²) in [4.78, 5) is 13.5. The highest BCUT2D eigenvalue weighted by Gasteiger charge is 2.33. The summed E-state index contributed by atoms with van der Waals surface area (Å²) in [6.07, 6.45) is -4.39. The van der Waals surface area contributed by atoms with Gasteiger partial charge in [0.2, 0.25) is 0 Å². The largest absolute Gasteiger partial charge is 0.416 e. The van der Waals surface area contributed by atoms with Gasteiger partial charge in [-0.05, 0) is 38.1 Å². The summed E-state index contributed by atoms with van der Waals surface area (Å²) < 4.78 is 42.9. The van der Waals surface area contributed by atoms with Gasteiger partial charge in [0, 0.05) is 5.56 Å². The van der Waals surface area contributed by atoms with Crippen LogP contribution in [0.15, 0.2) is 24.3 Å². The number of ether oxygens (including phenoxy) is 1. The first-order chi connectivity index (χ1) is 10.7. The van der Waals surface area contributed by atoms with Gasteiger partial charge >= 0.3 is 6.18 Å². The average Bonchev–Trinajstić information content (AvgIpc) is 2.53. The summed E-state index contributed by atoms with van der Waals surface area (Å²) in [6.45, 7) is 7.72. The van der Waals surface area contributed by atoms with E-state index in [9.17, 15) is 18.0 Å². The van der Waals surface area contributed by atoms with E-state index in [2.05, 4.69) is 19.2 Å². The number of alkyl halides is 3. The molecule has 1 saturated heterocycles. The zero-order valence-corrected chi connectivity index (χ0v) is 13.3. The lowest BCUT2D eigenvalue weighted by Crippen LogP contribution is -3.22. The molecule has 2 N–H and O–H groups in total. The fourth-order valence-corrected chi connectivity index (χ4v) is 2.63. The maximum absolute atomic E-state index is 12.5. The summed E-state index contributed by atoms with van der Waals surface area (Å²) in [5, 5.41) is 2.81. The van der Waals surface area contributed by atoms with E-state index in [1.165, 1.54) is 17.0 Å². The molecule has 0 aliphatic carbocycles. The fraction of sp³-hybridized carbons (Fsp3) is 0.562. The standard InChI is InChI=1S/C16H21F3N2O2/c1-15(2,21-7-9-23-10-8-21)11-20-14(22)12-3-5-13(6-4-12)16(17,18)19/h3-6H,7-11H2,1-2H3,(H,20,22)/p+1. The van der Waals surface area contributed by atoms with Crippen LogP contribution in [-0.2, 0) is 10.9 Å². The third kappa shape index (κ3) is 4.68. The zero-order chi connectivity index (χ0) is 17.1. The molecule has 0 radical (unpaired) electrons.